The monoisotopic (exact) mass is 419 g/mol. The van der Waals surface area contributed by atoms with E-state index < -0.39 is 6.04 Å². The summed E-state index contributed by atoms with van der Waals surface area (Å²) < 4.78 is 0. The molecular weight excluding hydrogens is 386 g/mol. The van der Waals surface area contributed by atoms with Crippen molar-refractivity contribution < 1.29 is 9.59 Å². The first-order valence-corrected chi connectivity index (χ1v) is 11.8. The highest BCUT2D eigenvalue weighted by Gasteiger charge is 2.37. The summed E-state index contributed by atoms with van der Waals surface area (Å²) in [6.07, 6.45) is 11.2. The summed E-state index contributed by atoms with van der Waals surface area (Å²) >= 11 is 0. The maximum atomic E-state index is 13.8. The quantitative estimate of drug-likeness (QED) is 0.702. The zero-order valence-electron chi connectivity index (χ0n) is 18.2. The minimum absolute atomic E-state index is 0.0112. The number of nitrogens with one attached hydrogen (secondary N) is 1. The Kier molecular flexibility index (Phi) is 7.34. The largest absolute Gasteiger partial charge is 0.351 e. The van der Waals surface area contributed by atoms with E-state index in [0.717, 1.165) is 56.9 Å². The van der Waals surface area contributed by atoms with Crippen molar-refractivity contribution in [2.24, 2.45) is 5.92 Å². The molecule has 1 heterocycles. The van der Waals surface area contributed by atoms with Gasteiger partial charge in [0.05, 0.1) is 5.69 Å². The highest BCUT2D eigenvalue weighted by atomic mass is 16.2. The average Bonchev–Trinajstić information content (AvgIpc) is 3.33. The van der Waals surface area contributed by atoms with Gasteiger partial charge in [0.25, 0.3) is 0 Å². The molecule has 31 heavy (non-hydrogen) atoms. The number of pyridine rings is 1. The lowest BCUT2D eigenvalue weighted by Crippen LogP contribution is -2.48. The number of rotatable bonds is 7. The van der Waals surface area contributed by atoms with Gasteiger partial charge in [-0.2, -0.15) is 0 Å². The van der Waals surface area contributed by atoms with Gasteiger partial charge >= 0.3 is 0 Å². The van der Waals surface area contributed by atoms with Gasteiger partial charge in [-0.3, -0.25) is 14.6 Å². The molecule has 5 nitrogen and oxygen atoms in total. The molecule has 2 aliphatic carbocycles. The molecule has 1 aromatic carbocycles. The van der Waals surface area contributed by atoms with Gasteiger partial charge in [0.2, 0.25) is 11.8 Å². The highest BCUT2D eigenvalue weighted by molar-refractivity contribution is 5.89. The molecule has 1 unspecified atom stereocenters. The topological polar surface area (TPSA) is 62.3 Å². The van der Waals surface area contributed by atoms with Crippen LogP contribution in [0.15, 0.2) is 54.7 Å². The second kappa shape index (κ2) is 10.6. The summed E-state index contributed by atoms with van der Waals surface area (Å²) in [6, 6.07) is 15.1. The van der Waals surface area contributed by atoms with Crippen LogP contribution in [-0.4, -0.2) is 27.7 Å². The van der Waals surface area contributed by atoms with Gasteiger partial charge in [-0.1, -0.05) is 68.5 Å². The number of nitrogens with zero attached hydrogens (tertiary/aromatic N) is 2. The summed E-state index contributed by atoms with van der Waals surface area (Å²) in [4.78, 5) is 33.7. The molecule has 0 saturated heterocycles. The molecule has 0 radical (unpaired) electrons. The van der Waals surface area contributed by atoms with Crippen LogP contribution in [-0.2, 0) is 16.1 Å². The van der Waals surface area contributed by atoms with Crippen molar-refractivity contribution in [3.8, 4) is 0 Å². The van der Waals surface area contributed by atoms with Crippen molar-refractivity contribution in [1.82, 2.24) is 15.2 Å². The Hall–Kier alpha value is -2.69. The molecule has 2 amide bonds. The van der Waals surface area contributed by atoms with Crippen LogP contribution in [0.1, 0.15) is 75.1 Å². The van der Waals surface area contributed by atoms with E-state index >= 15 is 0 Å². The molecule has 164 valence electrons. The van der Waals surface area contributed by atoms with E-state index in [0.29, 0.717) is 12.2 Å². The minimum Gasteiger partial charge on any atom is -0.351 e. The van der Waals surface area contributed by atoms with Gasteiger partial charge in [-0.15, -0.1) is 0 Å². The predicted molar refractivity (Wildman–Crippen MR) is 121 cm³/mol. The Balaban J connectivity index is 1.67. The predicted octanol–water partition coefficient (Wildman–Crippen LogP) is 4.79. The first kappa shape index (κ1) is 21.5. The maximum absolute atomic E-state index is 13.8. The number of carbonyl (C=O) groups excluding carboxylic acids is 2. The molecule has 2 fully saturated rings. The van der Waals surface area contributed by atoms with Crippen molar-refractivity contribution in [2.75, 3.05) is 0 Å². The molecule has 0 aliphatic heterocycles. The van der Waals surface area contributed by atoms with E-state index in [1.807, 2.05) is 48.5 Å². The molecule has 5 heteroatoms. The van der Waals surface area contributed by atoms with Crippen LogP contribution in [0.25, 0.3) is 0 Å². The van der Waals surface area contributed by atoms with Gasteiger partial charge in [0.15, 0.2) is 6.04 Å². The summed E-state index contributed by atoms with van der Waals surface area (Å²) in [7, 11) is 0. The van der Waals surface area contributed by atoms with Crippen LogP contribution in [0.4, 0.5) is 0 Å². The highest BCUT2D eigenvalue weighted by Crippen LogP contribution is 2.31. The number of benzene rings is 1. The van der Waals surface area contributed by atoms with Crippen LogP contribution in [0, 0.1) is 5.92 Å². The Morgan fingerprint density at radius 3 is 2.26 bits per heavy atom. The Morgan fingerprint density at radius 2 is 1.58 bits per heavy atom. The lowest BCUT2D eigenvalue weighted by atomic mass is 9.87. The van der Waals surface area contributed by atoms with E-state index in [-0.39, 0.29) is 23.8 Å². The van der Waals surface area contributed by atoms with Gasteiger partial charge in [0, 0.05) is 24.7 Å². The summed E-state index contributed by atoms with van der Waals surface area (Å²) in [5, 5.41) is 3.23. The van der Waals surface area contributed by atoms with E-state index in [2.05, 4.69) is 10.3 Å². The molecule has 2 aromatic rings. The van der Waals surface area contributed by atoms with Crippen molar-refractivity contribution in [3.63, 3.8) is 0 Å². The van der Waals surface area contributed by atoms with Crippen molar-refractivity contribution in [1.29, 1.82) is 0 Å². The molecule has 2 aliphatic rings. The van der Waals surface area contributed by atoms with Gasteiger partial charge in [-0.25, -0.2) is 0 Å². The molecule has 2 saturated carbocycles. The Labute approximate surface area is 185 Å². The number of carbonyl (C=O) groups is 2. The third-order valence-electron chi connectivity index (χ3n) is 6.66. The number of hydrogen-bond donors (Lipinski definition) is 1. The second-order valence-electron chi connectivity index (χ2n) is 8.93. The van der Waals surface area contributed by atoms with Crippen LogP contribution < -0.4 is 5.32 Å². The van der Waals surface area contributed by atoms with Gasteiger partial charge in [0.1, 0.15) is 0 Å². The minimum atomic E-state index is -0.712. The van der Waals surface area contributed by atoms with Gasteiger partial charge in [-0.05, 0) is 43.4 Å². The first-order chi connectivity index (χ1) is 15.2. The Bertz CT molecular complexity index is 843. The lowest BCUT2D eigenvalue weighted by Gasteiger charge is -2.35. The fourth-order valence-corrected chi connectivity index (χ4v) is 4.98. The van der Waals surface area contributed by atoms with E-state index in [4.69, 9.17) is 0 Å². The van der Waals surface area contributed by atoms with E-state index in [9.17, 15) is 9.59 Å². The molecule has 4 rings (SSSR count). The fourth-order valence-electron chi connectivity index (χ4n) is 4.98. The molecule has 1 aromatic heterocycles. The number of aromatic nitrogens is 1. The zero-order valence-corrected chi connectivity index (χ0v) is 18.2. The first-order valence-electron chi connectivity index (χ1n) is 11.8. The van der Waals surface area contributed by atoms with Crippen molar-refractivity contribution in [3.05, 3.63) is 66.0 Å². The third kappa shape index (κ3) is 5.52. The average molecular weight is 420 g/mol. The number of hydrogen-bond acceptors (Lipinski definition) is 3. The van der Waals surface area contributed by atoms with Crippen molar-refractivity contribution >= 4 is 11.8 Å². The smallest absolute Gasteiger partial charge is 0.249 e. The van der Waals surface area contributed by atoms with Crippen LogP contribution in [0.3, 0.4) is 0 Å². The van der Waals surface area contributed by atoms with Crippen LogP contribution in [0.2, 0.25) is 0 Å². The lowest BCUT2D eigenvalue weighted by molar-refractivity contribution is -0.146. The third-order valence-corrected chi connectivity index (χ3v) is 6.66. The molecular formula is C26H33N3O2. The standard InChI is InChI=1S/C26H33N3O2/c30-25(28-22-15-7-8-16-22)24(23-17-9-10-18-27-23)29(19-20-11-3-1-4-12-20)26(31)21-13-5-2-6-14-21/h1,3-4,9-12,17-18,21-22,24H,2,5-8,13-16,19H2,(H,28,30). The summed E-state index contributed by atoms with van der Waals surface area (Å²) in [6.45, 7) is 0.412. The second-order valence-corrected chi connectivity index (χ2v) is 8.93. The molecule has 0 bridgehead atoms. The zero-order chi connectivity index (χ0) is 21.5. The van der Waals surface area contributed by atoms with Crippen LogP contribution >= 0.6 is 0 Å². The number of amides is 2. The maximum Gasteiger partial charge on any atom is 0.249 e. The van der Waals surface area contributed by atoms with E-state index in [1.165, 1.54) is 6.42 Å². The Morgan fingerprint density at radius 1 is 0.903 bits per heavy atom. The van der Waals surface area contributed by atoms with Crippen LogP contribution in [0.5, 0.6) is 0 Å². The summed E-state index contributed by atoms with van der Waals surface area (Å²) in [5.41, 5.74) is 1.67. The normalized spacial score (nSPS) is 18.5. The summed E-state index contributed by atoms with van der Waals surface area (Å²) in [5.74, 6) is -0.0329. The fraction of sp³-hybridized carbons (Fsp3) is 0.500. The van der Waals surface area contributed by atoms with E-state index in [1.54, 1.807) is 11.1 Å². The SMILES string of the molecule is O=C(NC1CCCC1)C(c1ccccn1)N(Cc1ccccc1)C(=O)C1CCCCC1. The van der Waals surface area contributed by atoms with Gasteiger partial charge < -0.3 is 10.2 Å². The molecule has 1 N–H and O–H groups in total. The van der Waals surface area contributed by atoms with Crippen molar-refractivity contribution in [2.45, 2.75) is 76.4 Å². The molecule has 1 atom stereocenters. The molecule has 0 spiro atoms.